The Kier molecular flexibility index (Phi) is 6.05. The molecule has 3 heterocycles. The third kappa shape index (κ3) is 4.72. The van der Waals surface area contributed by atoms with Crippen molar-refractivity contribution < 1.29 is 17.7 Å². The summed E-state index contributed by atoms with van der Waals surface area (Å²) in [4.78, 5) is 17.4. The lowest BCUT2D eigenvalue weighted by Gasteiger charge is -2.06. The summed E-state index contributed by atoms with van der Waals surface area (Å²) >= 11 is 0. The van der Waals surface area contributed by atoms with Crippen molar-refractivity contribution in [2.75, 3.05) is 12.0 Å². The van der Waals surface area contributed by atoms with E-state index in [0.29, 0.717) is 17.9 Å². The van der Waals surface area contributed by atoms with Gasteiger partial charge in [-0.05, 0) is 37.1 Å². The summed E-state index contributed by atoms with van der Waals surface area (Å²) in [5.74, 6) is -0.238. The van der Waals surface area contributed by atoms with Crippen LogP contribution in [0.2, 0.25) is 0 Å². The van der Waals surface area contributed by atoms with E-state index in [1.807, 2.05) is 50.5 Å². The summed E-state index contributed by atoms with van der Waals surface area (Å²) in [5, 5.41) is 4.99. The van der Waals surface area contributed by atoms with Crippen molar-refractivity contribution in [3.05, 3.63) is 95.6 Å². The van der Waals surface area contributed by atoms with Crippen molar-refractivity contribution in [1.82, 2.24) is 14.7 Å². The molecule has 0 N–H and O–H groups in total. The minimum absolute atomic E-state index is 0.358. The van der Waals surface area contributed by atoms with Gasteiger partial charge < -0.3 is 9.09 Å². The number of fused-ring (bicyclic) bond motifs is 1. The number of hydrogen-bond acceptors (Lipinski definition) is 6. The van der Waals surface area contributed by atoms with Gasteiger partial charge in [0.1, 0.15) is 17.2 Å². The lowest BCUT2D eigenvalue weighted by atomic mass is 9.99. The van der Waals surface area contributed by atoms with Crippen LogP contribution < -0.4 is 0 Å². The van der Waals surface area contributed by atoms with Gasteiger partial charge in [-0.3, -0.25) is 4.79 Å². The van der Waals surface area contributed by atoms with Crippen LogP contribution >= 0.6 is 0 Å². The van der Waals surface area contributed by atoms with E-state index in [1.165, 1.54) is 0 Å². The van der Waals surface area contributed by atoms with Crippen LogP contribution in [-0.2, 0) is 16.4 Å². The normalized spacial score (nSPS) is 11.8. The van der Waals surface area contributed by atoms with Gasteiger partial charge in [0.15, 0.2) is 15.6 Å². The molecule has 5 rings (SSSR count). The van der Waals surface area contributed by atoms with Crippen molar-refractivity contribution >= 4 is 26.7 Å². The monoisotopic (exact) mass is 499 g/mol. The second-order valence-electron chi connectivity index (χ2n) is 9.02. The Morgan fingerprint density at radius 3 is 2.47 bits per heavy atom. The van der Waals surface area contributed by atoms with Crippen LogP contribution in [0.3, 0.4) is 0 Å². The molecule has 8 heteroatoms. The SMILES string of the molecule is Cc1noc(C)c1-c1cnc2c(c1)c(-c1cccc(C(=O)CS(C)(=O)=O)c1)cn2Cc1ccccc1. The number of benzene rings is 2. The number of aryl methyl sites for hydroxylation is 2. The number of pyridine rings is 1. The Bertz CT molecular complexity index is 1680. The summed E-state index contributed by atoms with van der Waals surface area (Å²) < 4.78 is 30.8. The Morgan fingerprint density at radius 2 is 1.78 bits per heavy atom. The smallest absolute Gasteiger partial charge is 0.177 e. The highest BCUT2D eigenvalue weighted by molar-refractivity contribution is 7.91. The summed E-state index contributed by atoms with van der Waals surface area (Å²) in [5.41, 5.74) is 6.58. The molecule has 0 amide bonds. The average molecular weight is 500 g/mol. The number of carbonyl (C=O) groups excluding carboxylic acids is 1. The van der Waals surface area contributed by atoms with E-state index >= 15 is 0 Å². The zero-order valence-electron chi connectivity index (χ0n) is 20.2. The van der Waals surface area contributed by atoms with E-state index in [2.05, 4.69) is 27.9 Å². The molecule has 0 radical (unpaired) electrons. The van der Waals surface area contributed by atoms with E-state index in [-0.39, 0.29) is 0 Å². The Morgan fingerprint density at radius 1 is 1.00 bits per heavy atom. The van der Waals surface area contributed by atoms with Crippen molar-refractivity contribution in [3.8, 4) is 22.3 Å². The van der Waals surface area contributed by atoms with Crippen molar-refractivity contribution in [2.45, 2.75) is 20.4 Å². The van der Waals surface area contributed by atoms with E-state index in [9.17, 15) is 13.2 Å². The molecule has 0 aliphatic carbocycles. The third-order valence-electron chi connectivity index (χ3n) is 6.12. The molecule has 0 atom stereocenters. The maximum Gasteiger partial charge on any atom is 0.177 e. The van der Waals surface area contributed by atoms with Crippen LogP contribution in [0.15, 0.2) is 77.6 Å². The van der Waals surface area contributed by atoms with Crippen LogP contribution in [0.5, 0.6) is 0 Å². The van der Waals surface area contributed by atoms with Crippen LogP contribution in [0, 0.1) is 13.8 Å². The van der Waals surface area contributed by atoms with Crippen LogP contribution in [0.4, 0.5) is 0 Å². The number of nitrogens with zero attached hydrogens (tertiary/aromatic N) is 3. The molecule has 0 aliphatic heterocycles. The molecular formula is C28H25N3O4S. The second-order valence-corrected chi connectivity index (χ2v) is 11.2. The molecule has 0 bridgehead atoms. The number of rotatable bonds is 7. The Hall–Kier alpha value is -4.04. The van der Waals surface area contributed by atoms with Crippen LogP contribution in [-0.4, -0.2) is 40.9 Å². The van der Waals surface area contributed by atoms with E-state index in [4.69, 9.17) is 9.51 Å². The molecule has 7 nitrogen and oxygen atoms in total. The number of hydrogen-bond donors (Lipinski definition) is 0. The molecule has 36 heavy (non-hydrogen) atoms. The van der Waals surface area contributed by atoms with Crippen molar-refractivity contribution in [2.24, 2.45) is 0 Å². The van der Waals surface area contributed by atoms with E-state index in [1.54, 1.807) is 18.2 Å². The average Bonchev–Trinajstić information content (AvgIpc) is 3.37. The number of ketones is 1. The van der Waals surface area contributed by atoms with Gasteiger partial charge in [0.05, 0.1) is 5.69 Å². The molecule has 0 fully saturated rings. The largest absolute Gasteiger partial charge is 0.361 e. The molecule has 0 saturated carbocycles. The highest BCUT2D eigenvalue weighted by Crippen LogP contribution is 2.35. The van der Waals surface area contributed by atoms with Gasteiger partial charge in [0, 0.05) is 52.8 Å². The first-order chi connectivity index (χ1) is 17.2. The summed E-state index contributed by atoms with van der Waals surface area (Å²) in [6.45, 7) is 4.40. The molecule has 182 valence electrons. The predicted octanol–water partition coefficient (Wildman–Crippen LogP) is 5.25. The molecule has 0 aliphatic rings. The van der Waals surface area contributed by atoms with Gasteiger partial charge in [-0.2, -0.15) is 0 Å². The maximum absolute atomic E-state index is 12.6. The van der Waals surface area contributed by atoms with Gasteiger partial charge in [-0.15, -0.1) is 0 Å². The Labute approximate surface area is 209 Å². The minimum atomic E-state index is -3.43. The molecule has 2 aromatic carbocycles. The second kappa shape index (κ2) is 9.20. The first kappa shape index (κ1) is 23.7. The standard InChI is InChI=1S/C28H25N3O4S/c1-18-27(19(2)35-30-18)23-13-24-25(21-10-7-11-22(12-21)26(32)17-36(3,33)34)16-31(28(24)29-14-23)15-20-8-5-4-6-9-20/h4-14,16H,15,17H2,1-3H3. The third-order valence-corrected chi connectivity index (χ3v) is 6.91. The number of aromatic nitrogens is 3. The molecular weight excluding hydrogens is 474 g/mol. The van der Waals surface area contributed by atoms with Gasteiger partial charge >= 0.3 is 0 Å². The zero-order chi connectivity index (χ0) is 25.4. The summed E-state index contributed by atoms with van der Waals surface area (Å²) in [6.07, 6.45) is 4.92. The fourth-order valence-electron chi connectivity index (χ4n) is 4.52. The molecule has 0 saturated heterocycles. The summed E-state index contributed by atoms with van der Waals surface area (Å²) in [6, 6.07) is 19.3. The van der Waals surface area contributed by atoms with Gasteiger partial charge in [0.2, 0.25) is 0 Å². The van der Waals surface area contributed by atoms with E-state index in [0.717, 1.165) is 50.8 Å². The number of carbonyl (C=O) groups is 1. The minimum Gasteiger partial charge on any atom is -0.361 e. The first-order valence-corrected chi connectivity index (χ1v) is 13.5. The lowest BCUT2D eigenvalue weighted by Crippen LogP contribution is -2.14. The highest BCUT2D eigenvalue weighted by Gasteiger charge is 2.19. The lowest BCUT2D eigenvalue weighted by molar-refractivity contribution is 0.102. The maximum atomic E-state index is 12.6. The van der Waals surface area contributed by atoms with Gasteiger partial charge in [-0.1, -0.05) is 53.7 Å². The molecule has 0 unspecified atom stereocenters. The number of sulfone groups is 1. The summed E-state index contributed by atoms with van der Waals surface area (Å²) in [7, 11) is -3.43. The van der Waals surface area contributed by atoms with Crippen LogP contribution in [0.25, 0.3) is 33.3 Å². The van der Waals surface area contributed by atoms with E-state index < -0.39 is 21.4 Å². The quantitative estimate of drug-likeness (QED) is 0.284. The zero-order valence-corrected chi connectivity index (χ0v) is 21.0. The van der Waals surface area contributed by atoms with Crippen molar-refractivity contribution in [1.29, 1.82) is 0 Å². The topological polar surface area (TPSA) is 95.1 Å². The first-order valence-electron chi connectivity index (χ1n) is 11.5. The molecule has 5 aromatic rings. The fourth-order valence-corrected chi connectivity index (χ4v) is 5.16. The fraction of sp³-hybridized carbons (Fsp3) is 0.179. The van der Waals surface area contributed by atoms with Crippen LogP contribution in [0.1, 0.15) is 27.4 Å². The number of Topliss-reactive ketones (excluding diaryl/α,β-unsaturated/α-hetero) is 1. The predicted molar refractivity (Wildman–Crippen MR) is 140 cm³/mol. The molecule has 0 spiro atoms. The molecule has 3 aromatic heterocycles. The van der Waals surface area contributed by atoms with Gasteiger partial charge in [0.25, 0.3) is 0 Å². The Balaban J connectivity index is 1.67. The highest BCUT2D eigenvalue weighted by atomic mass is 32.2. The van der Waals surface area contributed by atoms with Crippen molar-refractivity contribution in [3.63, 3.8) is 0 Å². The van der Waals surface area contributed by atoms with Gasteiger partial charge in [-0.25, -0.2) is 13.4 Å².